The van der Waals surface area contributed by atoms with Gasteiger partial charge in [0, 0.05) is 0 Å². The third-order valence-corrected chi connectivity index (χ3v) is 2.62. The van der Waals surface area contributed by atoms with E-state index in [0.717, 1.165) is 6.42 Å². The molecule has 1 aliphatic rings. The summed E-state index contributed by atoms with van der Waals surface area (Å²) in [6.45, 7) is 8.16. The molecule has 1 fully saturated rings. The van der Waals surface area contributed by atoms with E-state index in [9.17, 15) is 0 Å². The second kappa shape index (κ2) is 5.35. The summed E-state index contributed by atoms with van der Waals surface area (Å²) in [6.07, 6.45) is 9.17. The van der Waals surface area contributed by atoms with Crippen molar-refractivity contribution in [3.63, 3.8) is 0 Å². The van der Waals surface area contributed by atoms with E-state index >= 15 is 0 Å². The number of hydrogen-bond acceptors (Lipinski definition) is 0. The summed E-state index contributed by atoms with van der Waals surface area (Å²) < 4.78 is 0. The third-order valence-electron chi connectivity index (χ3n) is 2.62. The summed E-state index contributed by atoms with van der Waals surface area (Å²) >= 11 is 0. The largest absolute Gasteiger partial charge is 2.00 e. The Kier molecular flexibility index (Phi) is 5.69. The van der Waals surface area contributed by atoms with Crippen molar-refractivity contribution in [3.8, 4) is 0 Å². The molecule has 0 atom stereocenters. The molecule has 1 heteroatoms. The molecule has 1 saturated carbocycles. The van der Waals surface area contributed by atoms with Crippen molar-refractivity contribution < 1.29 is 21.1 Å². The Bertz CT molecular complexity index is 87.5. The van der Waals surface area contributed by atoms with Gasteiger partial charge in [-0.2, -0.15) is 11.8 Å². The van der Waals surface area contributed by atoms with Crippen LogP contribution >= 0.6 is 0 Å². The first kappa shape index (κ1) is 11.7. The molecule has 0 unspecified atom stereocenters. The van der Waals surface area contributed by atoms with Crippen LogP contribution in [0.3, 0.4) is 0 Å². The summed E-state index contributed by atoms with van der Waals surface area (Å²) in [6, 6.07) is 0. The van der Waals surface area contributed by atoms with Gasteiger partial charge in [0.15, 0.2) is 0 Å². The molecular weight excluding hydrogens is 304 g/mol. The summed E-state index contributed by atoms with van der Waals surface area (Å²) in [4.78, 5) is 0. The second-order valence-electron chi connectivity index (χ2n) is 3.66. The van der Waals surface area contributed by atoms with E-state index in [2.05, 4.69) is 13.8 Å². The van der Waals surface area contributed by atoms with Gasteiger partial charge in [-0.1, -0.05) is 32.1 Å². The van der Waals surface area contributed by atoms with Crippen LogP contribution in [-0.2, 0) is 21.1 Å². The van der Waals surface area contributed by atoms with Crippen molar-refractivity contribution in [2.45, 2.75) is 44.9 Å². The molecule has 11 heavy (non-hydrogen) atoms. The fraction of sp³-hybridized carbons (Fsp3) is 0.800. The fourth-order valence-corrected chi connectivity index (χ4v) is 1.93. The summed E-state index contributed by atoms with van der Waals surface area (Å²) in [5, 5.41) is 0. The van der Waals surface area contributed by atoms with Gasteiger partial charge < -0.3 is 13.8 Å². The minimum atomic E-state index is 0. The zero-order chi connectivity index (χ0) is 7.45. The number of hydrogen-bond donors (Lipinski definition) is 0. The Labute approximate surface area is 85.4 Å². The monoisotopic (exact) mass is 322 g/mol. The van der Waals surface area contributed by atoms with E-state index in [-0.39, 0.29) is 21.1 Å². The standard InChI is InChI=1S/C10H18.W/c1-3-7-10(2)8-5-4-6-9-10;/h1-9H2;/q-2;+2. The van der Waals surface area contributed by atoms with Crippen LogP contribution in [-0.4, -0.2) is 0 Å². The summed E-state index contributed by atoms with van der Waals surface area (Å²) in [5.74, 6) is 0. The normalized spacial score (nSPS) is 22.4. The first-order valence-corrected chi connectivity index (χ1v) is 4.41. The van der Waals surface area contributed by atoms with Crippen molar-refractivity contribution in [3.05, 3.63) is 13.8 Å². The zero-order valence-corrected chi connectivity index (χ0v) is 10.2. The summed E-state index contributed by atoms with van der Waals surface area (Å²) in [7, 11) is 0. The average Bonchev–Trinajstić information content (AvgIpc) is 1.89. The SMILES string of the molecule is [CH2-]CCC1([CH2-])CCCCC1.[W+2]. The van der Waals surface area contributed by atoms with E-state index in [0.29, 0.717) is 5.41 Å². The van der Waals surface area contributed by atoms with Gasteiger partial charge in [-0.3, -0.25) is 0 Å². The maximum absolute atomic E-state index is 4.28. The van der Waals surface area contributed by atoms with Crippen molar-refractivity contribution in [1.29, 1.82) is 0 Å². The van der Waals surface area contributed by atoms with Gasteiger partial charge in [0.25, 0.3) is 0 Å². The van der Waals surface area contributed by atoms with E-state index in [4.69, 9.17) is 0 Å². The minimum absolute atomic E-state index is 0. The molecule has 0 bridgehead atoms. The minimum Gasteiger partial charge on any atom is -0.343 e. The molecule has 0 aromatic carbocycles. The molecule has 64 valence electrons. The van der Waals surface area contributed by atoms with Crippen LogP contribution in [0.2, 0.25) is 0 Å². The van der Waals surface area contributed by atoms with E-state index in [1.807, 2.05) is 0 Å². The molecule has 0 aromatic heterocycles. The zero-order valence-electron chi connectivity index (χ0n) is 7.27. The van der Waals surface area contributed by atoms with Gasteiger partial charge in [-0.15, -0.1) is 6.42 Å². The Hall–Kier alpha value is 0.688. The molecule has 0 nitrogen and oxygen atoms in total. The molecule has 1 aliphatic carbocycles. The maximum atomic E-state index is 4.28. The Balaban J connectivity index is 0.000001000. The molecule has 0 N–H and O–H groups in total. The molecule has 0 aliphatic heterocycles. The fourth-order valence-electron chi connectivity index (χ4n) is 1.93. The Morgan fingerprint density at radius 3 is 2.09 bits per heavy atom. The Morgan fingerprint density at radius 1 is 1.09 bits per heavy atom. The molecule has 0 aromatic rings. The van der Waals surface area contributed by atoms with E-state index in [1.54, 1.807) is 0 Å². The van der Waals surface area contributed by atoms with Crippen LogP contribution in [0, 0.1) is 19.3 Å². The van der Waals surface area contributed by atoms with Gasteiger partial charge in [0.1, 0.15) is 0 Å². The van der Waals surface area contributed by atoms with Crippen LogP contribution in [0.15, 0.2) is 0 Å². The molecule has 0 radical (unpaired) electrons. The molecule has 0 saturated heterocycles. The predicted molar refractivity (Wildman–Crippen MR) is 45.5 cm³/mol. The quantitative estimate of drug-likeness (QED) is 0.684. The van der Waals surface area contributed by atoms with Crippen LogP contribution in [0.4, 0.5) is 0 Å². The molecule has 0 spiro atoms. The van der Waals surface area contributed by atoms with Gasteiger partial charge in [0.2, 0.25) is 0 Å². The van der Waals surface area contributed by atoms with Gasteiger partial charge in [-0.25, -0.2) is 0 Å². The predicted octanol–water partition coefficient (Wildman–Crippen LogP) is 3.38. The molecular formula is C10H18W. The molecule has 1 rings (SSSR count). The van der Waals surface area contributed by atoms with Crippen LogP contribution in [0.5, 0.6) is 0 Å². The van der Waals surface area contributed by atoms with Crippen molar-refractivity contribution in [2.24, 2.45) is 5.41 Å². The van der Waals surface area contributed by atoms with Crippen LogP contribution in [0.25, 0.3) is 0 Å². The maximum Gasteiger partial charge on any atom is 2.00 e. The van der Waals surface area contributed by atoms with Crippen LogP contribution < -0.4 is 0 Å². The molecule has 0 amide bonds. The van der Waals surface area contributed by atoms with Crippen molar-refractivity contribution in [2.75, 3.05) is 0 Å². The van der Waals surface area contributed by atoms with Crippen molar-refractivity contribution >= 4 is 0 Å². The Morgan fingerprint density at radius 2 is 1.64 bits per heavy atom. The van der Waals surface area contributed by atoms with Gasteiger partial charge in [-0.05, 0) is 0 Å². The second-order valence-corrected chi connectivity index (χ2v) is 3.66. The summed E-state index contributed by atoms with van der Waals surface area (Å²) in [5.41, 5.74) is 0.417. The van der Waals surface area contributed by atoms with Gasteiger partial charge >= 0.3 is 21.1 Å². The smallest absolute Gasteiger partial charge is 0.343 e. The molecule has 0 heterocycles. The van der Waals surface area contributed by atoms with E-state index in [1.165, 1.54) is 38.5 Å². The van der Waals surface area contributed by atoms with Crippen LogP contribution in [0.1, 0.15) is 44.9 Å². The number of rotatable bonds is 2. The first-order valence-electron chi connectivity index (χ1n) is 4.41. The van der Waals surface area contributed by atoms with Crippen molar-refractivity contribution in [1.82, 2.24) is 0 Å². The average molecular weight is 322 g/mol. The topological polar surface area (TPSA) is 0 Å². The van der Waals surface area contributed by atoms with E-state index < -0.39 is 0 Å². The van der Waals surface area contributed by atoms with Gasteiger partial charge in [0.05, 0.1) is 0 Å². The first-order chi connectivity index (χ1) is 4.77. The third kappa shape index (κ3) is 3.74.